The van der Waals surface area contributed by atoms with Crippen LogP contribution < -0.4 is 0 Å². The van der Waals surface area contributed by atoms with Gasteiger partial charge in [0.2, 0.25) is 0 Å². The molecule has 0 bridgehead atoms. The van der Waals surface area contributed by atoms with Crippen LogP contribution in [0.25, 0.3) is 16.7 Å². The maximum Gasteiger partial charge on any atom is -0.0149 e. The Hall–Kier alpha value is -1.82. The second-order valence-electron chi connectivity index (χ2n) is 5.27. The van der Waals surface area contributed by atoms with Crippen LogP contribution in [0.1, 0.15) is 36.1 Å². The summed E-state index contributed by atoms with van der Waals surface area (Å²) in [5, 5.41) is 0. The van der Waals surface area contributed by atoms with E-state index < -0.39 is 0 Å². The number of allylic oxidation sites excluding steroid dienone is 2. The molecule has 0 heterocycles. The zero-order chi connectivity index (χ0) is 14.0. The highest BCUT2D eigenvalue weighted by Gasteiger charge is 2.09. The summed E-state index contributed by atoms with van der Waals surface area (Å²) < 4.78 is 0. The minimum Gasteiger partial charge on any atom is -0.0841 e. The van der Waals surface area contributed by atoms with Crippen LogP contribution in [0, 0.1) is 20.8 Å². The first kappa shape index (κ1) is 13.6. The van der Waals surface area contributed by atoms with E-state index in [-0.39, 0.29) is 0 Å². The quantitative estimate of drug-likeness (QED) is 0.641. The number of hydrogen-bond donors (Lipinski definition) is 0. The minimum absolute atomic E-state index is 1.33. The van der Waals surface area contributed by atoms with Crippen molar-refractivity contribution in [2.75, 3.05) is 0 Å². The van der Waals surface area contributed by atoms with Crippen molar-refractivity contribution in [3.8, 4) is 11.1 Å². The van der Waals surface area contributed by atoms with Crippen molar-refractivity contribution in [3.63, 3.8) is 0 Å². The van der Waals surface area contributed by atoms with Gasteiger partial charge in [0.1, 0.15) is 0 Å². The molecular weight excluding hydrogens is 228 g/mol. The summed E-state index contributed by atoms with van der Waals surface area (Å²) in [6.45, 7) is 10.8. The molecule has 0 aliphatic rings. The maximum atomic E-state index is 2.32. The van der Waals surface area contributed by atoms with Crippen molar-refractivity contribution >= 4 is 5.57 Å². The zero-order valence-electron chi connectivity index (χ0n) is 12.5. The first-order valence-corrected chi connectivity index (χ1v) is 6.85. The third-order valence-corrected chi connectivity index (χ3v) is 3.86. The summed E-state index contributed by atoms with van der Waals surface area (Å²) in [7, 11) is 0. The molecule has 0 atom stereocenters. The first-order chi connectivity index (χ1) is 9.04. The Labute approximate surface area is 116 Å². The average molecular weight is 250 g/mol. The molecule has 2 rings (SSSR count). The Bertz CT molecular complexity index is 630. The molecule has 0 fully saturated rings. The van der Waals surface area contributed by atoms with E-state index in [0.717, 1.165) is 0 Å². The van der Waals surface area contributed by atoms with Gasteiger partial charge in [0.05, 0.1) is 0 Å². The second-order valence-corrected chi connectivity index (χ2v) is 5.27. The normalized spacial score (nSPS) is 11.7. The first-order valence-electron chi connectivity index (χ1n) is 6.85. The third kappa shape index (κ3) is 2.63. The van der Waals surface area contributed by atoms with Gasteiger partial charge in [-0.3, -0.25) is 0 Å². The molecule has 0 aliphatic heterocycles. The molecule has 0 radical (unpaired) electrons. The molecule has 0 spiro atoms. The molecule has 0 saturated carbocycles. The van der Waals surface area contributed by atoms with Crippen molar-refractivity contribution in [1.29, 1.82) is 0 Å². The highest BCUT2D eigenvalue weighted by atomic mass is 14.1. The van der Waals surface area contributed by atoms with E-state index in [1.807, 2.05) is 0 Å². The van der Waals surface area contributed by atoms with Gasteiger partial charge in [0.15, 0.2) is 0 Å². The predicted molar refractivity (Wildman–Crippen MR) is 85.4 cm³/mol. The van der Waals surface area contributed by atoms with Crippen LogP contribution in [0.5, 0.6) is 0 Å². The number of hydrogen-bond acceptors (Lipinski definition) is 0. The van der Waals surface area contributed by atoms with Crippen LogP contribution in [-0.4, -0.2) is 0 Å². The molecule has 0 heteroatoms. The summed E-state index contributed by atoms with van der Waals surface area (Å²) in [5.74, 6) is 0. The Kier molecular flexibility index (Phi) is 3.90. The Morgan fingerprint density at radius 2 is 1.53 bits per heavy atom. The monoisotopic (exact) mass is 250 g/mol. The highest BCUT2D eigenvalue weighted by molar-refractivity contribution is 5.76. The van der Waals surface area contributed by atoms with Crippen LogP contribution in [0.3, 0.4) is 0 Å². The van der Waals surface area contributed by atoms with E-state index in [2.05, 4.69) is 77.1 Å². The van der Waals surface area contributed by atoms with E-state index >= 15 is 0 Å². The van der Waals surface area contributed by atoms with Crippen LogP contribution in [0.15, 0.2) is 42.5 Å². The van der Waals surface area contributed by atoms with Crippen molar-refractivity contribution in [2.45, 2.75) is 34.6 Å². The van der Waals surface area contributed by atoms with E-state index in [0.29, 0.717) is 0 Å². The molecule has 0 amide bonds. The maximum absolute atomic E-state index is 2.32. The van der Waals surface area contributed by atoms with E-state index in [1.54, 1.807) is 0 Å². The van der Waals surface area contributed by atoms with Gasteiger partial charge < -0.3 is 0 Å². The van der Waals surface area contributed by atoms with Crippen LogP contribution in [0.4, 0.5) is 0 Å². The Morgan fingerprint density at radius 3 is 2.16 bits per heavy atom. The number of aryl methyl sites for hydroxylation is 3. The lowest BCUT2D eigenvalue weighted by Gasteiger charge is -2.14. The second kappa shape index (κ2) is 5.44. The minimum atomic E-state index is 1.33. The molecule has 19 heavy (non-hydrogen) atoms. The number of benzene rings is 2. The molecule has 0 N–H and O–H groups in total. The van der Waals surface area contributed by atoms with Crippen molar-refractivity contribution in [2.24, 2.45) is 0 Å². The van der Waals surface area contributed by atoms with E-state index in [9.17, 15) is 0 Å². The van der Waals surface area contributed by atoms with E-state index in [1.165, 1.54) is 39.0 Å². The SMILES string of the molecule is C/C=C(/C)c1cc(C)c(-c2ccccc2C)cc1C. The Morgan fingerprint density at radius 1 is 0.842 bits per heavy atom. The molecular formula is C19H22. The highest BCUT2D eigenvalue weighted by Crippen LogP contribution is 2.31. The summed E-state index contributed by atoms with van der Waals surface area (Å²) in [6, 6.07) is 13.2. The molecule has 0 saturated heterocycles. The molecule has 2 aromatic carbocycles. The number of rotatable bonds is 2. The van der Waals surface area contributed by atoms with Crippen molar-refractivity contribution in [1.82, 2.24) is 0 Å². The van der Waals surface area contributed by atoms with E-state index in [4.69, 9.17) is 0 Å². The topological polar surface area (TPSA) is 0 Å². The fourth-order valence-electron chi connectivity index (χ4n) is 2.56. The molecule has 2 aromatic rings. The lowest BCUT2D eigenvalue weighted by Crippen LogP contribution is -1.93. The summed E-state index contributed by atoms with van der Waals surface area (Å²) in [6.07, 6.45) is 2.18. The van der Waals surface area contributed by atoms with Gasteiger partial charge >= 0.3 is 0 Å². The largest absolute Gasteiger partial charge is 0.0841 e. The zero-order valence-corrected chi connectivity index (χ0v) is 12.5. The molecule has 0 nitrogen and oxygen atoms in total. The lowest BCUT2D eigenvalue weighted by atomic mass is 9.90. The smallest absolute Gasteiger partial charge is 0.0149 e. The molecule has 0 unspecified atom stereocenters. The Balaban J connectivity index is 2.62. The standard InChI is InChI=1S/C19H22/c1-6-13(2)18-11-16(5)19(12-15(18)4)17-10-8-7-9-14(17)3/h6-12H,1-5H3/b13-6-. The lowest BCUT2D eigenvalue weighted by molar-refractivity contribution is 1.33. The fraction of sp³-hybridized carbons (Fsp3) is 0.263. The van der Waals surface area contributed by atoms with Gasteiger partial charge in [-0.15, -0.1) is 0 Å². The third-order valence-electron chi connectivity index (χ3n) is 3.86. The molecule has 98 valence electrons. The van der Waals surface area contributed by atoms with Crippen molar-refractivity contribution < 1.29 is 0 Å². The van der Waals surface area contributed by atoms with Gasteiger partial charge in [-0.25, -0.2) is 0 Å². The molecule has 0 aromatic heterocycles. The van der Waals surface area contributed by atoms with Gasteiger partial charge in [0, 0.05) is 0 Å². The van der Waals surface area contributed by atoms with Crippen LogP contribution >= 0.6 is 0 Å². The summed E-state index contributed by atoms with van der Waals surface area (Å²) >= 11 is 0. The van der Waals surface area contributed by atoms with Crippen LogP contribution in [-0.2, 0) is 0 Å². The van der Waals surface area contributed by atoms with Gasteiger partial charge in [-0.2, -0.15) is 0 Å². The predicted octanol–water partition coefficient (Wildman–Crippen LogP) is 5.70. The molecule has 0 aliphatic carbocycles. The van der Waals surface area contributed by atoms with Gasteiger partial charge in [0.25, 0.3) is 0 Å². The fourth-order valence-corrected chi connectivity index (χ4v) is 2.56. The summed E-state index contributed by atoms with van der Waals surface area (Å²) in [4.78, 5) is 0. The van der Waals surface area contributed by atoms with Gasteiger partial charge in [-0.05, 0) is 73.6 Å². The van der Waals surface area contributed by atoms with Crippen molar-refractivity contribution in [3.05, 3.63) is 64.7 Å². The summed E-state index contributed by atoms with van der Waals surface area (Å²) in [5.41, 5.74) is 9.42. The average Bonchev–Trinajstić information content (AvgIpc) is 2.41. The van der Waals surface area contributed by atoms with Crippen LogP contribution in [0.2, 0.25) is 0 Å². The van der Waals surface area contributed by atoms with Gasteiger partial charge in [-0.1, -0.05) is 42.5 Å².